The van der Waals surface area contributed by atoms with Crippen LogP contribution < -0.4 is 5.32 Å². The van der Waals surface area contributed by atoms with Gasteiger partial charge in [-0.05, 0) is 36.7 Å². The van der Waals surface area contributed by atoms with E-state index in [0.717, 1.165) is 18.7 Å². The summed E-state index contributed by atoms with van der Waals surface area (Å²) in [5.74, 6) is 1.03. The molecule has 0 aliphatic carbocycles. The Bertz CT molecular complexity index is 448. The van der Waals surface area contributed by atoms with Gasteiger partial charge in [-0.1, -0.05) is 31.2 Å². The van der Waals surface area contributed by atoms with Crippen LogP contribution >= 0.6 is 0 Å². The third-order valence-corrected chi connectivity index (χ3v) is 3.00. The van der Waals surface area contributed by atoms with E-state index in [4.69, 9.17) is 4.42 Å². The van der Waals surface area contributed by atoms with Crippen molar-refractivity contribution in [2.45, 2.75) is 26.3 Å². The van der Waals surface area contributed by atoms with Crippen LogP contribution in [-0.4, -0.2) is 6.54 Å². The molecule has 1 atom stereocenters. The molecule has 1 unspecified atom stereocenters. The lowest BCUT2D eigenvalue weighted by Gasteiger charge is -2.19. The number of rotatable bonds is 5. The minimum Gasteiger partial charge on any atom is -0.469 e. The third-order valence-electron chi connectivity index (χ3n) is 3.00. The molecule has 0 saturated carbocycles. The molecule has 1 aromatic carbocycles. The highest BCUT2D eigenvalue weighted by Gasteiger charge is 2.14. The van der Waals surface area contributed by atoms with Gasteiger partial charge in [-0.2, -0.15) is 0 Å². The predicted molar refractivity (Wildman–Crippen MR) is 70.0 cm³/mol. The second-order valence-electron chi connectivity index (χ2n) is 4.25. The second kappa shape index (κ2) is 5.69. The Morgan fingerprint density at radius 2 is 2.00 bits per heavy atom. The number of hydrogen-bond acceptors (Lipinski definition) is 2. The third kappa shape index (κ3) is 2.98. The first-order valence-corrected chi connectivity index (χ1v) is 6.12. The maximum atomic E-state index is 5.43. The fourth-order valence-corrected chi connectivity index (χ4v) is 2.15. The Morgan fingerprint density at radius 3 is 2.65 bits per heavy atom. The van der Waals surface area contributed by atoms with Gasteiger partial charge in [0.1, 0.15) is 5.76 Å². The lowest BCUT2D eigenvalue weighted by molar-refractivity contribution is 0.454. The molecule has 1 N–H and O–H groups in total. The van der Waals surface area contributed by atoms with E-state index >= 15 is 0 Å². The van der Waals surface area contributed by atoms with Gasteiger partial charge in [0.2, 0.25) is 0 Å². The van der Waals surface area contributed by atoms with Gasteiger partial charge in [0.15, 0.2) is 0 Å². The van der Waals surface area contributed by atoms with Crippen molar-refractivity contribution in [2.75, 3.05) is 6.54 Å². The van der Waals surface area contributed by atoms with Crippen molar-refractivity contribution in [3.63, 3.8) is 0 Å². The van der Waals surface area contributed by atoms with Gasteiger partial charge in [-0.3, -0.25) is 0 Å². The summed E-state index contributed by atoms with van der Waals surface area (Å²) in [5.41, 5.74) is 2.68. The fraction of sp³-hybridized carbons (Fsp3) is 0.333. The number of benzene rings is 1. The highest BCUT2D eigenvalue weighted by Crippen LogP contribution is 2.21. The molecule has 2 aromatic rings. The summed E-state index contributed by atoms with van der Waals surface area (Å²) in [4.78, 5) is 0. The number of nitrogens with one attached hydrogen (secondary N) is 1. The molecule has 0 spiro atoms. The normalized spacial score (nSPS) is 12.6. The monoisotopic (exact) mass is 229 g/mol. The van der Waals surface area contributed by atoms with Crippen LogP contribution in [0, 0.1) is 6.92 Å². The molecule has 0 aliphatic heterocycles. The van der Waals surface area contributed by atoms with Crippen molar-refractivity contribution >= 4 is 0 Å². The molecular formula is C15H19NO. The molecule has 2 nitrogen and oxygen atoms in total. The predicted octanol–water partition coefficient (Wildman–Crippen LogP) is 3.48. The van der Waals surface area contributed by atoms with E-state index in [1.165, 1.54) is 11.1 Å². The SMILES string of the molecule is CCNC(Cc1ccco1)c1ccccc1C. The first-order valence-electron chi connectivity index (χ1n) is 6.12. The van der Waals surface area contributed by atoms with Crippen molar-refractivity contribution in [1.29, 1.82) is 0 Å². The first kappa shape index (κ1) is 11.9. The quantitative estimate of drug-likeness (QED) is 0.849. The Balaban J connectivity index is 2.20. The number of hydrogen-bond donors (Lipinski definition) is 1. The molecule has 17 heavy (non-hydrogen) atoms. The van der Waals surface area contributed by atoms with Crippen molar-refractivity contribution in [3.8, 4) is 0 Å². The van der Waals surface area contributed by atoms with E-state index in [-0.39, 0.29) is 0 Å². The van der Waals surface area contributed by atoms with Crippen molar-refractivity contribution in [3.05, 3.63) is 59.5 Å². The Morgan fingerprint density at radius 1 is 1.18 bits per heavy atom. The molecule has 0 fully saturated rings. The summed E-state index contributed by atoms with van der Waals surface area (Å²) in [6.45, 7) is 5.24. The van der Waals surface area contributed by atoms with Crippen LogP contribution in [0.4, 0.5) is 0 Å². The summed E-state index contributed by atoms with van der Waals surface area (Å²) >= 11 is 0. The van der Waals surface area contributed by atoms with Crippen LogP contribution in [0.3, 0.4) is 0 Å². The molecule has 0 saturated heterocycles. The van der Waals surface area contributed by atoms with Crippen LogP contribution in [0.25, 0.3) is 0 Å². The van der Waals surface area contributed by atoms with E-state index in [1.807, 2.05) is 12.1 Å². The summed E-state index contributed by atoms with van der Waals surface area (Å²) < 4.78 is 5.43. The summed E-state index contributed by atoms with van der Waals surface area (Å²) in [5, 5.41) is 3.52. The largest absolute Gasteiger partial charge is 0.469 e. The smallest absolute Gasteiger partial charge is 0.105 e. The van der Waals surface area contributed by atoms with Gasteiger partial charge in [-0.25, -0.2) is 0 Å². The average molecular weight is 229 g/mol. The second-order valence-corrected chi connectivity index (χ2v) is 4.25. The van der Waals surface area contributed by atoms with E-state index in [0.29, 0.717) is 6.04 Å². The fourth-order valence-electron chi connectivity index (χ4n) is 2.15. The zero-order chi connectivity index (χ0) is 12.1. The topological polar surface area (TPSA) is 25.2 Å². The summed E-state index contributed by atoms with van der Waals surface area (Å²) in [6.07, 6.45) is 2.63. The standard InChI is InChI=1S/C15H19NO/c1-3-16-15(11-13-8-6-10-17-13)14-9-5-4-7-12(14)2/h4-10,15-16H,3,11H2,1-2H3. The molecule has 2 heteroatoms. The van der Waals surface area contributed by atoms with Crippen LogP contribution in [0.2, 0.25) is 0 Å². The maximum Gasteiger partial charge on any atom is 0.105 e. The zero-order valence-corrected chi connectivity index (χ0v) is 10.4. The van der Waals surface area contributed by atoms with Gasteiger partial charge in [0.25, 0.3) is 0 Å². The summed E-state index contributed by atoms with van der Waals surface area (Å²) in [6, 6.07) is 12.8. The van der Waals surface area contributed by atoms with Gasteiger partial charge in [0.05, 0.1) is 6.26 Å². The van der Waals surface area contributed by atoms with Crippen LogP contribution in [0.5, 0.6) is 0 Å². The number of furan rings is 1. The minimum atomic E-state index is 0.326. The molecule has 90 valence electrons. The van der Waals surface area contributed by atoms with Crippen molar-refractivity contribution < 1.29 is 4.42 Å². The van der Waals surface area contributed by atoms with Gasteiger partial charge in [0, 0.05) is 12.5 Å². The highest BCUT2D eigenvalue weighted by atomic mass is 16.3. The van der Waals surface area contributed by atoms with Crippen LogP contribution in [-0.2, 0) is 6.42 Å². The van der Waals surface area contributed by atoms with E-state index in [2.05, 4.69) is 43.4 Å². The van der Waals surface area contributed by atoms with E-state index in [1.54, 1.807) is 6.26 Å². The molecule has 0 bridgehead atoms. The maximum absolute atomic E-state index is 5.43. The molecule has 0 amide bonds. The van der Waals surface area contributed by atoms with Crippen molar-refractivity contribution in [2.24, 2.45) is 0 Å². The Kier molecular flexibility index (Phi) is 3.99. The van der Waals surface area contributed by atoms with Crippen LogP contribution in [0.15, 0.2) is 47.1 Å². The Labute approximate surface area is 103 Å². The Hall–Kier alpha value is -1.54. The zero-order valence-electron chi connectivity index (χ0n) is 10.4. The van der Waals surface area contributed by atoms with Gasteiger partial charge >= 0.3 is 0 Å². The van der Waals surface area contributed by atoms with E-state index in [9.17, 15) is 0 Å². The first-order chi connectivity index (χ1) is 8.31. The minimum absolute atomic E-state index is 0.326. The van der Waals surface area contributed by atoms with Crippen molar-refractivity contribution in [1.82, 2.24) is 5.32 Å². The molecular weight excluding hydrogens is 210 g/mol. The molecule has 0 aliphatic rings. The molecule has 1 aromatic heterocycles. The molecule has 1 heterocycles. The highest BCUT2D eigenvalue weighted by molar-refractivity contribution is 5.29. The van der Waals surface area contributed by atoms with Gasteiger partial charge in [-0.15, -0.1) is 0 Å². The number of aryl methyl sites for hydroxylation is 1. The number of likely N-dealkylation sites (N-methyl/N-ethyl adjacent to an activating group) is 1. The summed E-state index contributed by atoms with van der Waals surface area (Å²) in [7, 11) is 0. The molecule has 0 radical (unpaired) electrons. The lowest BCUT2D eigenvalue weighted by Crippen LogP contribution is -2.23. The lowest BCUT2D eigenvalue weighted by atomic mass is 9.98. The molecule has 2 rings (SSSR count). The average Bonchev–Trinajstić information content (AvgIpc) is 2.82. The van der Waals surface area contributed by atoms with Crippen LogP contribution in [0.1, 0.15) is 29.9 Å². The van der Waals surface area contributed by atoms with Gasteiger partial charge < -0.3 is 9.73 Å². The van der Waals surface area contributed by atoms with E-state index < -0.39 is 0 Å².